The van der Waals surface area contributed by atoms with Crippen LogP contribution in [0.3, 0.4) is 0 Å². The molecule has 0 radical (unpaired) electrons. The highest BCUT2D eigenvalue weighted by atomic mass is 16.5. The third kappa shape index (κ3) is 7.82. The van der Waals surface area contributed by atoms with Crippen molar-refractivity contribution in [1.82, 2.24) is 0 Å². The summed E-state index contributed by atoms with van der Waals surface area (Å²) < 4.78 is 10.4. The van der Waals surface area contributed by atoms with Crippen LogP contribution in [-0.4, -0.2) is 13.1 Å². The molecule has 3 nitrogen and oxygen atoms in total. The zero-order valence-corrected chi connectivity index (χ0v) is 12.5. The lowest BCUT2D eigenvalue weighted by atomic mass is 10.1. The van der Waals surface area contributed by atoms with Crippen LogP contribution in [-0.2, 0) is 4.79 Å². The fourth-order valence-corrected chi connectivity index (χ4v) is 2.10. The Bertz CT molecular complexity index is 346. The van der Waals surface area contributed by atoms with Gasteiger partial charge < -0.3 is 9.47 Å². The Kier molecular flexibility index (Phi) is 9.37. The zero-order chi connectivity index (χ0) is 14.5. The Morgan fingerprint density at radius 3 is 2.00 bits per heavy atom. The van der Waals surface area contributed by atoms with E-state index in [1.807, 2.05) is 12.1 Å². The van der Waals surface area contributed by atoms with Crippen molar-refractivity contribution in [2.24, 2.45) is 0 Å². The standard InChI is InChI=1S/C17H26O3/c1-2-3-4-5-6-7-8-9-14-19-16-10-12-17(13-11-16)20-15-18/h10-13,15H,2-9,14H2,1H3. The average molecular weight is 278 g/mol. The van der Waals surface area contributed by atoms with E-state index < -0.39 is 0 Å². The van der Waals surface area contributed by atoms with Crippen molar-refractivity contribution >= 4 is 6.47 Å². The topological polar surface area (TPSA) is 35.5 Å². The molecule has 0 N–H and O–H groups in total. The summed E-state index contributed by atoms with van der Waals surface area (Å²) in [5, 5.41) is 0. The molecule has 0 bridgehead atoms. The Balaban J connectivity index is 1.99. The summed E-state index contributed by atoms with van der Waals surface area (Å²) in [5.74, 6) is 1.37. The van der Waals surface area contributed by atoms with Gasteiger partial charge in [-0.25, -0.2) is 0 Å². The zero-order valence-electron chi connectivity index (χ0n) is 12.5. The fourth-order valence-electron chi connectivity index (χ4n) is 2.10. The van der Waals surface area contributed by atoms with Crippen LogP contribution in [0.25, 0.3) is 0 Å². The summed E-state index contributed by atoms with van der Waals surface area (Å²) in [5.41, 5.74) is 0. The lowest BCUT2D eigenvalue weighted by Gasteiger charge is -2.06. The predicted molar refractivity (Wildman–Crippen MR) is 81.2 cm³/mol. The second-order valence-electron chi connectivity index (χ2n) is 5.01. The first kappa shape index (κ1) is 16.5. The molecule has 0 amide bonds. The van der Waals surface area contributed by atoms with Crippen LogP contribution in [0.2, 0.25) is 0 Å². The van der Waals surface area contributed by atoms with Crippen LogP contribution in [0.15, 0.2) is 24.3 Å². The molecule has 0 aliphatic heterocycles. The Morgan fingerprint density at radius 1 is 0.850 bits per heavy atom. The largest absolute Gasteiger partial charge is 0.494 e. The van der Waals surface area contributed by atoms with E-state index in [1.165, 1.54) is 44.9 Å². The Hall–Kier alpha value is -1.51. The highest BCUT2D eigenvalue weighted by Gasteiger charge is 1.96. The molecular formula is C17H26O3. The van der Waals surface area contributed by atoms with Gasteiger partial charge in [0.05, 0.1) is 6.61 Å². The monoisotopic (exact) mass is 278 g/mol. The van der Waals surface area contributed by atoms with Crippen molar-refractivity contribution in [1.29, 1.82) is 0 Å². The molecule has 112 valence electrons. The van der Waals surface area contributed by atoms with Gasteiger partial charge in [0.25, 0.3) is 6.47 Å². The number of ether oxygens (including phenoxy) is 2. The van der Waals surface area contributed by atoms with Crippen LogP contribution in [0, 0.1) is 0 Å². The first-order valence-electron chi connectivity index (χ1n) is 7.70. The molecule has 3 heteroatoms. The highest BCUT2D eigenvalue weighted by molar-refractivity contribution is 5.45. The van der Waals surface area contributed by atoms with E-state index in [9.17, 15) is 4.79 Å². The molecule has 0 heterocycles. The molecule has 0 aromatic heterocycles. The van der Waals surface area contributed by atoms with E-state index in [0.717, 1.165) is 18.8 Å². The minimum absolute atomic E-state index is 0.427. The van der Waals surface area contributed by atoms with Gasteiger partial charge in [-0.15, -0.1) is 0 Å². The number of benzene rings is 1. The van der Waals surface area contributed by atoms with Crippen LogP contribution in [0.1, 0.15) is 58.3 Å². The smallest absolute Gasteiger partial charge is 0.298 e. The fraction of sp³-hybridized carbons (Fsp3) is 0.588. The summed E-state index contributed by atoms with van der Waals surface area (Å²) in [6, 6.07) is 7.11. The van der Waals surface area contributed by atoms with Crippen molar-refractivity contribution in [2.75, 3.05) is 6.61 Å². The number of carbonyl (C=O) groups is 1. The summed E-state index contributed by atoms with van der Waals surface area (Å²) in [6.45, 7) is 3.42. The van der Waals surface area contributed by atoms with Gasteiger partial charge in [0, 0.05) is 0 Å². The van der Waals surface area contributed by atoms with E-state index in [4.69, 9.17) is 9.47 Å². The van der Waals surface area contributed by atoms with Crippen molar-refractivity contribution in [3.05, 3.63) is 24.3 Å². The number of carbonyl (C=O) groups excluding carboxylic acids is 1. The highest BCUT2D eigenvalue weighted by Crippen LogP contribution is 2.17. The number of rotatable bonds is 12. The summed E-state index contributed by atoms with van der Waals surface area (Å²) >= 11 is 0. The SMILES string of the molecule is CCCCCCCCCCOc1ccc(OC=O)cc1. The van der Waals surface area contributed by atoms with Crippen LogP contribution in [0.4, 0.5) is 0 Å². The first-order valence-corrected chi connectivity index (χ1v) is 7.70. The van der Waals surface area contributed by atoms with Crippen LogP contribution in [0.5, 0.6) is 11.5 Å². The predicted octanol–water partition coefficient (Wildman–Crippen LogP) is 4.74. The van der Waals surface area contributed by atoms with Crippen molar-refractivity contribution in [2.45, 2.75) is 58.3 Å². The summed E-state index contributed by atoms with van der Waals surface area (Å²) in [7, 11) is 0. The molecular weight excluding hydrogens is 252 g/mol. The van der Waals surface area contributed by atoms with E-state index in [2.05, 4.69) is 6.92 Å². The minimum Gasteiger partial charge on any atom is -0.494 e. The molecule has 1 aromatic carbocycles. The molecule has 0 unspecified atom stereocenters. The van der Waals surface area contributed by atoms with E-state index in [0.29, 0.717) is 12.2 Å². The second kappa shape index (κ2) is 11.3. The summed E-state index contributed by atoms with van der Waals surface area (Å²) in [6.07, 6.45) is 10.4. The lowest BCUT2D eigenvalue weighted by molar-refractivity contribution is -0.120. The lowest BCUT2D eigenvalue weighted by Crippen LogP contribution is -1.97. The number of hydrogen-bond donors (Lipinski definition) is 0. The van der Waals surface area contributed by atoms with Crippen molar-refractivity contribution < 1.29 is 14.3 Å². The summed E-state index contributed by atoms with van der Waals surface area (Å²) in [4.78, 5) is 10.2. The third-order valence-corrected chi connectivity index (χ3v) is 3.27. The van der Waals surface area contributed by atoms with Gasteiger partial charge in [-0.05, 0) is 30.7 Å². The number of unbranched alkanes of at least 4 members (excludes halogenated alkanes) is 7. The van der Waals surface area contributed by atoms with Gasteiger partial charge in [-0.2, -0.15) is 0 Å². The minimum atomic E-state index is 0.427. The molecule has 0 aliphatic rings. The Morgan fingerprint density at radius 2 is 1.40 bits per heavy atom. The first-order chi connectivity index (χ1) is 9.86. The van der Waals surface area contributed by atoms with Crippen LogP contribution >= 0.6 is 0 Å². The molecule has 0 saturated carbocycles. The quantitative estimate of drug-likeness (QED) is 0.409. The molecule has 1 rings (SSSR count). The maximum absolute atomic E-state index is 10.2. The van der Waals surface area contributed by atoms with Gasteiger partial charge in [0.2, 0.25) is 0 Å². The normalized spacial score (nSPS) is 10.2. The van der Waals surface area contributed by atoms with Crippen molar-refractivity contribution in [3.63, 3.8) is 0 Å². The van der Waals surface area contributed by atoms with Crippen LogP contribution < -0.4 is 9.47 Å². The van der Waals surface area contributed by atoms with E-state index in [-0.39, 0.29) is 0 Å². The van der Waals surface area contributed by atoms with Crippen molar-refractivity contribution in [3.8, 4) is 11.5 Å². The average Bonchev–Trinajstić information content (AvgIpc) is 2.47. The Labute approximate surface area is 122 Å². The van der Waals surface area contributed by atoms with Gasteiger partial charge in [0.1, 0.15) is 11.5 Å². The second-order valence-corrected chi connectivity index (χ2v) is 5.01. The van der Waals surface area contributed by atoms with E-state index in [1.54, 1.807) is 12.1 Å². The van der Waals surface area contributed by atoms with Gasteiger partial charge in [-0.3, -0.25) is 4.79 Å². The molecule has 0 aliphatic carbocycles. The van der Waals surface area contributed by atoms with Gasteiger partial charge in [-0.1, -0.05) is 51.9 Å². The maximum atomic E-state index is 10.2. The molecule has 0 spiro atoms. The van der Waals surface area contributed by atoms with Gasteiger partial charge in [0.15, 0.2) is 0 Å². The molecule has 0 fully saturated rings. The molecule has 0 atom stereocenters. The van der Waals surface area contributed by atoms with E-state index >= 15 is 0 Å². The molecule has 20 heavy (non-hydrogen) atoms. The maximum Gasteiger partial charge on any atom is 0.298 e. The third-order valence-electron chi connectivity index (χ3n) is 3.27. The van der Waals surface area contributed by atoms with Gasteiger partial charge >= 0.3 is 0 Å². The molecule has 0 saturated heterocycles. The molecule has 1 aromatic rings. The number of hydrogen-bond acceptors (Lipinski definition) is 3.